The van der Waals surface area contributed by atoms with Gasteiger partial charge in [0.2, 0.25) is 5.43 Å². The van der Waals surface area contributed by atoms with Gasteiger partial charge in [-0.1, -0.05) is 50.0 Å². The molecule has 0 bridgehead atoms. The van der Waals surface area contributed by atoms with Gasteiger partial charge in [0.05, 0.1) is 11.9 Å². The molecule has 272 valence electrons. The summed E-state index contributed by atoms with van der Waals surface area (Å²) in [5.74, 6) is -0.848. The highest BCUT2D eigenvalue weighted by molar-refractivity contribution is 6.76. The van der Waals surface area contributed by atoms with E-state index in [0.717, 1.165) is 35.8 Å². The molecule has 4 N–H and O–H groups in total. The second-order valence-corrected chi connectivity index (χ2v) is 20.5. The molecule has 13 nitrogen and oxygen atoms in total. The Morgan fingerprint density at radius 3 is 2.69 bits per heavy atom. The van der Waals surface area contributed by atoms with Crippen molar-refractivity contribution in [2.24, 2.45) is 11.7 Å². The summed E-state index contributed by atoms with van der Waals surface area (Å²) >= 11 is 0. The van der Waals surface area contributed by atoms with Gasteiger partial charge in [0.1, 0.15) is 24.4 Å². The van der Waals surface area contributed by atoms with Crippen LogP contribution in [0.5, 0.6) is 5.75 Å². The van der Waals surface area contributed by atoms with Crippen molar-refractivity contribution in [2.45, 2.75) is 83.8 Å². The first-order valence-corrected chi connectivity index (χ1v) is 21.5. The normalized spacial score (nSPS) is 17.8. The Hall–Kier alpha value is -4.37. The molecule has 4 heterocycles. The summed E-state index contributed by atoms with van der Waals surface area (Å²) < 4.78 is 15.6. The molecule has 0 radical (unpaired) electrons. The summed E-state index contributed by atoms with van der Waals surface area (Å²) in [6.07, 6.45) is 4.90. The van der Waals surface area contributed by atoms with Gasteiger partial charge < -0.3 is 39.7 Å². The molecule has 3 aromatic heterocycles. The van der Waals surface area contributed by atoms with Crippen molar-refractivity contribution >= 4 is 31.1 Å². The average molecular weight is 716 g/mol. The number of nitrogens with one attached hydrogen (secondary N) is 1. The Labute approximate surface area is 298 Å². The number of nitrogens with two attached hydrogens (primary N) is 1. The second-order valence-electron chi connectivity index (χ2n) is 14.9. The Morgan fingerprint density at radius 2 is 1.96 bits per heavy atom. The van der Waals surface area contributed by atoms with E-state index in [1.807, 2.05) is 46.7 Å². The minimum atomic E-state index is -1.26. The summed E-state index contributed by atoms with van der Waals surface area (Å²) in [6.45, 7) is 12.4. The quantitative estimate of drug-likeness (QED) is 0.106. The summed E-state index contributed by atoms with van der Waals surface area (Å²) in [5, 5.41) is 13.2. The van der Waals surface area contributed by atoms with Crippen LogP contribution in [0.3, 0.4) is 0 Å². The SMILES string of the molecule is CC(CC1CC1c1cnc2c(n1)c(C(=O)O)cn2COCC[Si](C)(C)C)N1CCn2c(CNCCN)cc(=O)c(OCc3ccccc3)c2C1=O. The first-order chi connectivity index (χ1) is 24.4. The summed E-state index contributed by atoms with van der Waals surface area (Å²) in [7, 11) is -1.26. The van der Waals surface area contributed by atoms with Crippen LogP contribution in [-0.4, -0.2) is 81.3 Å². The number of aromatic nitrogens is 4. The largest absolute Gasteiger partial charge is 0.483 e. The highest BCUT2D eigenvalue weighted by Crippen LogP contribution is 2.50. The van der Waals surface area contributed by atoms with Crippen LogP contribution in [0.15, 0.2) is 53.6 Å². The fourth-order valence-corrected chi connectivity index (χ4v) is 7.58. The Bertz CT molecular complexity index is 1940. The van der Waals surface area contributed by atoms with Crippen LogP contribution in [0, 0.1) is 5.92 Å². The molecule has 1 amide bonds. The maximum absolute atomic E-state index is 14.2. The zero-order valence-corrected chi connectivity index (χ0v) is 30.9. The lowest BCUT2D eigenvalue weighted by atomic mass is 10.1. The van der Waals surface area contributed by atoms with Crippen LogP contribution in [0.4, 0.5) is 0 Å². The van der Waals surface area contributed by atoms with E-state index in [1.165, 1.54) is 0 Å². The number of ether oxygens (including phenoxy) is 2. The molecule has 4 aromatic rings. The predicted molar refractivity (Wildman–Crippen MR) is 197 cm³/mol. The number of benzene rings is 1. The maximum atomic E-state index is 14.2. The number of aromatic carboxylic acids is 1. The number of carboxylic acid groups (broad SMARTS) is 1. The van der Waals surface area contributed by atoms with Crippen molar-refractivity contribution in [2.75, 3.05) is 26.2 Å². The monoisotopic (exact) mass is 715 g/mol. The summed E-state index contributed by atoms with van der Waals surface area (Å²) in [6, 6.07) is 12.0. The highest BCUT2D eigenvalue weighted by Gasteiger charge is 2.43. The number of carboxylic acids is 1. The smallest absolute Gasteiger partial charge is 0.339 e. The van der Waals surface area contributed by atoms with Gasteiger partial charge in [0, 0.05) is 77.3 Å². The zero-order valence-electron chi connectivity index (χ0n) is 29.9. The van der Waals surface area contributed by atoms with Gasteiger partial charge in [-0.2, -0.15) is 0 Å². The molecule has 0 saturated heterocycles. The van der Waals surface area contributed by atoms with E-state index in [2.05, 4.69) is 29.9 Å². The average Bonchev–Trinajstić information content (AvgIpc) is 3.76. The standard InChI is InChI=1S/C37H49N7O6Si/c1-24(16-26-17-28(26)30-20-40-35-32(41-30)29(37(47)48)21-42(35)23-49-14-15-51(2,3)4)43-12-13-44-27(19-39-11-10-38)18-31(45)34(33(44)36(43)46)50-22-25-8-6-5-7-9-25/h5-9,18,20-21,24,26,28,39H,10-17,19,22-23,38H2,1-4H3,(H,47,48). The maximum Gasteiger partial charge on any atom is 0.339 e. The fourth-order valence-electron chi connectivity index (χ4n) is 6.82. The molecule has 6 rings (SSSR count). The number of carbonyl (C=O) groups excluding carboxylic acids is 1. The van der Waals surface area contributed by atoms with Gasteiger partial charge in [-0.05, 0) is 37.3 Å². The molecule has 1 aromatic carbocycles. The van der Waals surface area contributed by atoms with Gasteiger partial charge in [0.25, 0.3) is 5.91 Å². The topological polar surface area (TPSA) is 167 Å². The minimum Gasteiger partial charge on any atom is -0.483 e. The molecule has 14 heteroatoms. The van der Waals surface area contributed by atoms with Gasteiger partial charge >= 0.3 is 5.97 Å². The van der Waals surface area contributed by atoms with E-state index in [9.17, 15) is 19.5 Å². The van der Waals surface area contributed by atoms with E-state index in [-0.39, 0.29) is 59.6 Å². The molecule has 2 aliphatic rings. The van der Waals surface area contributed by atoms with E-state index >= 15 is 0 Å². The van der Waals surface area contributed by atoms with Crippen LogP contribution in [-0.2, 0) is 31.2 Å². The van der Waals surface area contributed by atoms with Crippen molar-refractivity contribution in [1.29, 1.82) is 0 Å². The van der Waals surface area contributed by atoms with Gasteiger partial charge in [0.15, 0.2) is 17.1 Å². The van der Waals surface area contributed by atoms with Gasteiger partial charge in [-0.15, -0.1) is 0 Å². The Kier molecular flexibility index (Phi) is 11.1. The molecule has 3 unspecified atom stereocenters. The zero-order chi connectivity index (χ0) is 36.3. The van der Waals surface area contributed by atoms with Gasteiger partial charge in [-0.25, -0.2) is 14.8 Å². The fraction of sp³-hybridized carbons (Fsp3) is 0.486. The summed E-state index contributed by atoms with van der Waals surface area (Å²) in [5.41, 5.74) is 8.96. The second kappa shape index (κ2) is 15.5. The van der Waals surface area contributed by atoms with E-state index < -0.39 is 14.0 Å². The van der Waals surface area contributed by atoms with E-state index in [0.29, 0.717) is 50.5 Å². The number of hydrogen-bond acceptors (Lipinski definition) is 9. The Balaban J connectivity index is 1.17. The number of amides is 1. The van der Waals surface area contributed by atoms with Crippen molar-refractivity contribution < 1.29 is 24.2 Å². The number of fused-ring (bicyclic) bond motifs is 2. The number of hydrogen-bond donors (Lipinski definition) is 3. The van der Waals surface area contributed by atoms with Crippen molar-refractivity contribution in [3.63, 3.8) is 0 Å². The molecular formula is C37H49N7O6Si. The highest BCUT2D eigenvalue weighted by atomic mass is 28.3. The van der Waals surface area contributed by atoms with E-state index in [1.54, 1.807) is 23.0 Å². The number of pyridine rings is 1. The van der Waals surface area contributed by atoms with Crippen LogP contribution in [0.1, 0.15) is 63.5 Å². The van der Waals surface area contributed by atoms with Crippen molar-refractivity contribution in [3.05, 3.63) is 87.2 Å². The molecule has 3 atom stereocenters. The third-order valence-electron chi connectivity index (χ3n) is 9.75. The van der Waals surface area contributed by atoms with Crippen LogP contribution in [0.25, 0.3) is 11.2 Å². The lowest BCUT2D eigenvalue weighted by Gasteiger charge is -2.36. The lowest BCUT2D eigenvalue weighted by Crippen LogP contribution is -2.47. The summed E-state index contributed by atoms with van der Waals surface area (Å²) in [4.78, 5) is 51.1. The van der Waals surface area contributed by atoms with E-state index in [4.69, 9.17) is 20.2 Å². The third-order valence-corrected chi connectivity index (χ3v) is 11.5. The van der Waals surface area contributed by atoms with Crippen LogP contribution >= 0.6 is 0 Å². The first kappa shape index (κ1) is 36.4. The molecule has 1 aliphatic heterocycles. The lowest BCUT2D eigenvalue weighted by molar-refractivity contribution is 0.0605. The van der Waals surface area contributed by atoms with Crippen LogP contribution < -0.4 is 21.2 Å². The number of rotatable bonds is 17. The van der Waals surface area contributed by atoms with Crippen molar-refractivity contribution in [1.82, 2.24) is 29.3 Å². The molecule has 1 aliphatic carbocycles. The Morgan fingerprint density at radius 1 is 1.18 bits per heavy atom. The molecule has 51 heavy (non-hydrogen) atoms. The predicted octanol–water partition coefficient (Wildman–Crippen LogP) is 4.27. The minimum absolute atomic E-state index is 0.0684. The molecule has 1 fully saturated rings. The number of nitrogens with zero attached hydrogens (tertiary/aromatic N) is 5. The molecular weight excluding hydrogens is 667 g/mol. The number of carbonyl (C=O) groups is 2. The molecule has 0 spiro atoms. The molecule has 1 saturated carbocycles. The van der Waals surface area contributed by atoms with Gasteiger partial charge in [-0.3, -0.25) is 9.59 Å². The third kappa shape index (κ3) is 8.41. The van der Waals surface area contributed by atoms with Crippen molar-refractivity contribution in [3.8, 4) is 5.75 Å². The first-order valence-electron chi connectivity index (χ1n) is 17.8. The van der Waals surface area contributed by atoms with Crippen LogP contribution in [0.2, 0.25) is 25.7 Å².